The highest BCUT2D eigenvalue weighted by molar-refractivity contribution is 9.10. The number of fused-ring (bicyclic) bond motifs is 1. The van der Waals surface area contributed by atoms with Crippen LogP contribution in [-0.2, 0) is 0 Å². The van der Waals surface area contributed by atoms with Gasteiger partial charge in [-0.1, -0.05) is 40.2 Å². The van der Waals surface area contributed by atoms with Gasteiger partial charge in [-0.2, -0.15) is 5.26 Å². The minimum atomic E-state index is -0.940. The Morgan fingerprint density at radius 3 is 2.61 bits per heavy atom. The van der Waals surface area contributed by atoms with E-state index in [4.69, 9.17) is 0 Å². The standard InChI is InChI=1S/C24H21BrN4O2/c1-16-15-28(24(31)17-5-3-2-4-6-17)11-12-29(16)22(14-26)23(30)21-9-7-18-13-19(25)8-10-20(18)27-21/h2-10,13,16,22H,11-12,15H2,1H3. The average molecular weight is 477 g/mol. The van der Waals surface area contributed by atoms with Crippen LogP contribution < -0.4 is 0 Å². The fourth-order valence-electron chi connectivity index (χ4n) is 3.96. The second-order valence-corrected chi connectivity index (χ2v) is 8.55. The molecule has 0 spiro atoms. The largest absolute Gasteiger partial charge is 0.336 e. The van der Waals surface area contributed by atoms with E-state index in [9.17, 15) is 14.9 Å². The first-order valence-corrected chi connectivity index (χ1v) is 10.9. The number of nitrogens with zero attached hydrogens (tertiary/aromatic N) is 4. The molecule has 0 bridgehead atoms. The number of amides is 1. The van der Waals surface area contributed by atoms with Gasteiger partial charge in [0.1, 0.15) is 5.69 Å². The Labute approximate surface area is 189 Å². The summed E-state index contributed by atoms with van der Waals surface area (Å²) in [4.78, 5) is 34.0. The minimum Gasteiger partial charge on any atom is -0.336 e. The smallest absolute Gasteiger partial charge is 0.253 e. The number of rotatable bonds is 4. The Balaban J connectivity index is 1.50. The van der Waals surface area contributed by atoms with Crippen LogP contribution in [0, 0.1) is 11.3 Å². The predicted octanol–water partition coefficient (Wildman–Crippen LogP) is 3.92. The van der Waals surface area contributed by atoms with E-state index in [2.05, 4.69) is 27.0 Å². The summed E-state index contributed by atoms with van der Waals surface area (Å²) >= 11 is 3.43. The molecule has 1 aliphatic rings. The van der Waals surface area contributed by atoms with E-state index in [-0.39, 0.29) is 23.4 Å². The van der Waals surface area contributed by atoms with Gasteiger partial charge in [-0.05, 0) is 43.3 Å². The molecule has 1 aliphatic heterocycles. The van der Waals surface area contributed by atoms with E-state index in [1.807, 2.05) is 54.3 Å². The fraction of sp³-hybridized carbons (Fsp3) is 0.250. The van der Waals surface area contributed by atoms with Gasteiger partial charge < -0.3 is 4.90 Å². The topological polar surface area (TPSA) is 77.3 Å². The Morgan fingerprint density at radius 1 is 1.13 bits per heavy atom. The Kier molecular flexibility index (Phi) is 6.12. The van der Waals surface area contributed by atoms with E-state index in [1.165, 1.54) is 0 Å². The molecular formula is C24H21BrN4O2. The van der Waals surface area contributed by atoms with Gasteiger partial charge in [0.05, 0.1) is 11.6 Å². The van der Waals surface area contributed by atoms with Gasteiger partial charge in [0.25, 0.3) is 5.91 Å². The molecule has 2 heterocycles. The summed E-state index contributed by atoms with van der Waals surface area (Å²) in [6, 6.07) is 19.4. The van der Waals surface area contributed by atoms with Gasteiger partial charge in [0.15, 0.2) is 6.04 Å². The number of piperazine rings is 1. The summed E-state index contributed by atoms with van der Waals surface area (Å²) in [6.07, 6.45) is 0. The van der Waals surface area contributed by atoms with Crippen LogP contribution in [0.25, 0.3) is 10.9 Å². The number of carbonyl (C=O) groups excluding carboxylic acids is 2. The zero-order chi connectivity index (χ0) is 22.0. The van der Waals surface area contributed by atoms with Crippen molar-refractivity contribution in [1.82, 2.24) is 14.8 Å². The highest BCUT2D eigenvalue weighted by Crippen LogP contribution is 2.21. The van der Waals surface area contributed by atoms with Gasteiger partial charge in [-0.25, -0.2) is 4.98 Å². The van der Waals surface area contributed by atoms with E-state index in [0.717, 1.165) is 9.86 Å². The van der Waals surface area contributed by atoms with Crippen molar-refractivity contribution in [3.63, 3.8) is 0 Å². The molecule has 156 valence electrons. The maximum absolute atomic E-state index is 13.2. The Hall–Kier alpha value is -3.08. The van der Waals surface area contributed by atoms with Crippen LogP contribution in [0.15, 0.2) is 65.1 Å². The van der Waals surface area contributed by atoms with E-state index < -0.39 is 6.04 Å². The van der Waals surface area contributed by atoms with Crippen LogP contribution in [0.4, 0.5) is 0 Å². The number of nitriles is 1. The fourth-order valence-corrected chi connectivity index (χ4v) is 4.34. The number of halogens is 1. The zero-order valence-corrected chi connectivity index (χ0v) is 18.6. The lowest BCUT2D eigenvalue weighted by Crippen LogP contribution is -2.58. The molecule has 7 heteroatoms. The third kappa shape index (κ3) is 4.36. The number of hydrogen-bond acceptors (Lipinski definition) is 5. The third-order valence-corrected chi connectivity index (χ3v) is 6.09. The summed E-state index contributed by atoms with van der Waals surface area (Å²) in [7, 11) is 0. The van der Waals surface area contributed by atoms with Gasteiger partial charge >= 0.3 is 0 Å². The lowest BCUT2D eigenvalue weighted by molar-refractivity contribution is 0.0428. The van der Waals surface area contributed by atoms with Crippen molar-refractivity contribution in [3.8, 4) is 6.07 Å². The van der Waals surface area contributed by atoms with E-state index >= 15 is 0 Å². The molecule has 2 atom stereocenters. The van der Waals surface area contributed by atoms with E-state index in [1.54, 1.807) is 23.1 Å². The summed E-state index contributed by atoms with van der Waals surface area (Å²) < 4.78 is 0.938. The van der Waals surface area contributed by atoms with Crippen molar-refractivity contribution in [1.29, 1.82) is 5.26 Å². The molecular weight excluding hydrogens is 456 g/mol. The number of ketones is 1. The second kappa shape index (κ2) is 8.96. The lowest BCUT2D eigenvalue weighted by Gasteiger charge is -2.41. The van der Waals surface area contributed by atoms with Gasteiger partial charge in [0, 0.05) is 41.1 Å². The molecule has 0 N–H and O–H groups in total. The molecule has 1 fully saturated rings. The molecule has 2 unspecified atom stereocenters. The van der Waals surface area contributed by atoms with Crippen LogP contribution in [0.3, 0.4) is 0 Å². The molecule has 1 saturated heterocycles. The number of benzene rings is 2. The zero-order valence-electron chi connectivity index (χ0n) is 17.0. The van der Waals surface area contributed by atoms with Crippen molar-refractivity contribution in [2.24, 2.45) is 0 Å². The summed E-state index contributed by atoms with van der Waals surface area (Å²) in [5, 5.41) is 10.7. The molecule has 2 aromatic carbocycles. The first-order chi connectivity index (χ1) is 15.0. The lowest BCUT2D eigenvalue weighted by atomic mass is 10.0. The normalized spacial score (nSPS) is 17.8. The van der Waals surface area contributed by atoms with Crippen LogP contribution in [0.5, 0.6) is 0 Å². The van der Waals surface area contributed by atoms with Gasteiger partial charge in [-0.15, -0.1) is 0 Å². The third-order valence-electron chi connectivity index (χ3n) is 5.59. The molecule has 3 aromatic rings. The van der Waals surface area contributed by atoms with Crippen LogP contribution in [-0.4, -0.2) is 58.2 Å². The molecule has 6 nitrogen and oxygen atoms in total. The van der Waals surface area contributed by atoms with E-state index in [0.29, 0.717) is 30.7 Å². The number of aromatic nitrogens is 1. The molecule has 31 heavy (non-hydrogen) atoms. The number of pyridine rings is 1. The minimum absolute atomic E-state index is 0.0331. The monoisotopic (exact) mass is 476 g/mol. The maximum atomic E-state index is 13.2. The molecule has 1 amide bonds. The molecule has 0 radical (unpaired) electrons. The molecule has 4 rings (SSSR count). The van der Waals surface area contributed by atoms with Crippen LogP contribution >= 0.6 is 15.9 Å². The van der Waals surface area contributed by atoms with Crippen molar-refractivity contribution in [2.75, 3.05) is 19.6 Å². The summed E-state index contributed by atoms with van der Waals surface area (Å²) in [5.74, 6) is -0.351. The van der Waals surface area contributed by atoms with Gasteiger partial charge in [-0.3, -0.25) is 14.5 Å². The number of Topliss-reactive ketones (excluding diaryl/α,β-unsaturated/α-hetero) is 1. The van der Waals surface area contributed by atoms with Crippen molar-refractivity contribution < 1.29 is 9.59 Å². The summed E-state index contributed by atoms with van der Waals surface area (Å²) in [6.45, 7) is 3.30. The van der Waals surface area contributed by atoms with Crippen molar-refractivity contribution in [3.05, 3.63) is 76.4 Å². The van der Waals surface area contributed by atoms with Crippen LogP contribution in [0.1, 0.15) is 27.8 Å². The molecule has 1 aromatic heterocycles. The maximum Gasteiger partial charge on any atom is 0.253 e. The predicted molar refractivity (Wildman–Crippen MR) is 122 cm³/mol. The molecule has 0 aliphatic carbocycles. The second-order valence-electron chi connectivity index (χ2n) is 7.63. The Morgan fingerprint density at radius 2 is 1.90 bits per heavy atom. The molecule has 0 saturated carbocycles. The SMILES string of the molecule is CC1CN(C(=O)c2ccccc2)CCN1C(C#N)C(=O)c1ccc2cc(Br)ccc2n1. The number of hydrogen-bond donors (Lipinski definition) is 0. The highest BCUT2D eigenvalue weighted by atomic mass is 79.9. The number of carbonyl (C=O) groups is 2. The first kappa shape index (κ1) is 21.2. The van der Waals surface area contributed by atoms with Crippen LogP contribution in [0.2, 0.25) is 0 Å². The highest BCUT2D eigenvalue weighted by Gasteiger charge is 2.36. The summed E-state index contributed by atoms with van der Waals surface area (Å²) in [5.41, 5.74) is 1.62. The first-order valence-electron chi connectivity index (χ1n) is 10.1. The quantitative estimate of drug-likeness (QED) is 0.533. The van der Waals surface area contributed by atoms with Crippen molar-refractivity contribution in [2.45, 2.75) is 19.0 Å². The Bertz CT molecular complexity index is 1180. The van der Waals surface area contributed by atoms with Crippen molar-refractivity contribution >= 4 is 38.5 Å². The van der Waals surface area contributed by atoms with Gasteiger partial charge in [0.2, 0.25) is 5.78 Å². The average Bonchev–Trinajstić information content (AvgIpc) is 2.80.